The highest BCUT2D eigenvalue weighted by Gasteiger charge is 2.22. The number of aromatic nitrogens is 3. The number of piperidine rings is 1. The Kier molecular flexibility index (Phi) is 9.50. The van der Waals surface area contributed by atoms with E-state index in [1.807, 2.05) is 12.3 Å². The third-order valence-electron chi connectivity index (χ3n) is 6.65. The molecule has 0 unspecified atom stereocenters. The van der Waals surface area contributed by atoms with Gasteiger partial charge in [0.1, 0.15) is 11.9 Å². The normalized spacial score (nSPS) is 15.8. The molecule has 1 aliphatic rings. The average molecular weight is 599 g/mol. The van der Waals surface area contributed by atoms with Crippen molar-refractivity contribution in [3.05, 3.63) is 58.2 Å². The zero-order chi connectivity index (χ0) is 25.7. The Labute approximate surface area is 230 Å². The molecule has 2 aromatic heterocycles. The first-order valence-corrected chi connectivity index (χ1v) is 14.1. The molecule has 0 saturated carbocycles. The quantitative estimate of drug-likeness (QED) is 0.150. The van der Waals surface area contributed by atoms with Crippen LogP contribution in [-0.4, -0.2) is 44.6 Å². The van der Waals surface area contributed by atoms with Crippen molar-refractivity contribution in [3.63, 3.8) is 0 Å². The topological polar surface area (TPSA) is 69.2 Å². The lowest BCUT2D eigenvalue weighted by atomic mass is 10.0. The number of nitrogens with zero attached hydrogens (tertiary/aromatic N) is 4. The second-order valence-corrected chi connectivity index (χ2v) is 10.7. The third kappa shape index (κ3) is 6.52. The van der Waals surface area contributed by atoms with Crippen molar-refractivity contribution < 1.29 is 9.13 Å². The van der Waals surface area contributed by atoms with Gasteiger partial charge in [0, 0.05) is 52.5 Å². The molecule has 6 nitrogen and oxygen atoms in total. The highest BCUT2D eigenvalue weighted by atomic mass is 79.9. The Bertz CT molecular complexity index is 1170. The van der Waals surface area contributed by atoms with Crippen LogP contribution >= 0.6 is 39.1 Å². The van der Waals surface area contributed by atoms with Gasteiger partial charge < -0.3 is 15.4 Å². The summed E-state index contributed by atoms with van der Waals surface area (Å²) in [5.41, 5.74) is 8.21. The molecule has 3 aromatic rings. The maximum atomic E-state index is 14.0. The fourth-order valence-corrected chi connectivity index (χ4v) is 5.65. The molecule has 10 heteroatoms. The van der Waals surface area contributed by atoms with Crippen molar-refractivity contribution in [2.45, 2.75) is 51.2 Å². The van der Waals surface area contributed by atoms with Gasteiger partial charge >= 0.3 is 0 Å². The maximum Gasteiger partial charge on any atom is 0.166 e. The molecule has 36 heavy (non-hydrogen) atoms. The molecule has 0 radical (unpaired) electrons. The second-order valence-electron chi connectivity index (χ2n) is 9.16. The van der Waals surface area contributed by atoms with E-state index in [1.54, 1.807) is 13.1 Å². The minimum absolute atomic E-state index is 0.0658. The van der Waals surface area contributed by atoms with Gasteiger partial charge in [-0.3, -0.25) is 4.68 Å². The van der Waals surface area contributed by atoms with Crippen LogP contribution in [0.25, 0.3) is 11.1 Å². The van der Waals surface area contributed by atoms with E-state index in [0.29, 0.717) is 22.4 Å². The van der Waals surface area contributed by atoms with Crippen LogP contribution in [0.3, 0.4) is 0 Å². The number of nitrogens with two attached hydrogens (primary N) is 1. The van der Waals surface area contributed by atoms with Crippen LogP contribution in [0.4, 0.5) is 10.2 Å². The number of alkyl halides is 1. The molecule has 1 aliphatic heterocycles. The Morgan fingerprint density at radius 3 is 2.69 bits per heavy atom. The van der Waals surface area contributed by atoms with Crippen molar-refractivity contribution in [1.82, 2.24) is 19.7 Å². The largest absolute Gasteiger partial charge is 0.482 e. The summed E-state index contributed by atoms with van der Waals surface area (Å²) in [6, 6.07) is 4.88. The maximum absolute atomic E-state index is 14.0. The first-order valence-electron chi connectivity index (χ1n) is 12.3. The van der Waals surface area contributed by atoms with Gasteiger partial charge in [-0.15, -0.1) is 0 Å². The lowest BCUT2D eigenvalue weighted by Crippen LogP contribution is -2.35. The molecular weight excluding hydrogens is 568 g/mol. The zero-order valence-electron chi connectivity index (χ0n) is 20.3. The summed E-state index contributed by atoms with van der Waals surface area (Å²) in [5.74, 6) is 0.0433. The van der Waals surface area contributed by atoms with Crippen molar-refractivity contribution in [2.75, 3.05) is 30.7 Å². The molecule has 0 bridgehead atoms. The molecule has 3 heterocycles. The van der Waals surface area contributed by atoms with E-state index in [9.17, 15) is 4.39 Å². The number of anilines is 1. The Balaban J connectivity index is 1.42. The minimum atomic E-state index is -0.632. The molecule has 1 fully saturated rings. The second kappa shape index (κ2) is 12.6. The fraction of sp³-hybridized carbons (Fsp3) is 0.462. The Hall–Kier alpha value is -1.87. The number of benzene rings is 1. The van der Waals surface area contributed by atoms with Crippen molar-refractivity contribution in [1.29, 1.82) is 0 Å². The third-order valence-corrected chi connectivity index (χ3v) is 7.92. The summed E-state index contributed by atoms with van der Waals surface area (Å²) in [6.07, 6.45) is 10.9. The van der Waals surface area contributed by atoms with Gasteiger partial charge in [-0.25, -0.2) is 9.37 Å². The SMILES string of the molecule is C[C@@H](Oc1cc(-c2cnn(C3CCN(CCCCCBr)CC3)c2)cnc1N)c1c(Cl)ccc(F)c1Cl. The highest BCUT2D eigenvalue weighted by Crippen LogP contribution is 2.37. The molecule has 4 rings (SSSR count). The highest BCUT2D eigenvalue weighted by molar-refractivity contribution is 9.09. The molecule has 194 valence electrons. The van der Waals surface area contributed by atoms with Crippen molar-refractivity contribution >= 4 is 44.9 Å². The molecule has 1 atom stereocenters. The number of ether oxygens (including phenoxy) is 1. The van der Waals surface area contributed by atoms with E-state index in [-0.39, 0.29) is 10.8 Å². The summed E-state index contributed by atoms with van der Waals surface area (Å²) in [6.45, 7) is 5.11. The predicted octanol–water partition coefficient (Wildman–Crippen LogP) is 7.32. The van der Waals surface area contributed by atoms with Crippen LogP contribution in [0, 0.1) is 5.82 Å². The molecule has 0 aliphatic carbocycles. The predicted molar refractivity (Wildman–Crippen MR) is 148 cm³/mol. The van der Waals surface area contributed by atoms with Crippen LogP contribution in [-0.2, 0) is 0 Å². The number of halogens is 4. The smallest absolute Gasteiger partial charge is 0.166 e. The molecule has 1 saturated heterocycles. The Morgan fingerprint density at radius 1 is 1.17 bits per heavy atom. The molecule has 0 spiro atoms. The number of pyridine rings is 1. The number of nitrogen functional groups attached to an aromatic ring is 1. The number of rotatable bonds is 10. The fourth-order valence-electron chi connectivity index (χ4n) is 4.57. The first kappa shape index (κ1) is 27.2. The minimum Gasteiger partial charge on any atom is -0.482 e. The van der Waals surface area contributed by atoms with Crippen LogP contribution in [0.1, 0.15) is 56.7 Å². The molecule has 2 N–H and O–H groups in total. The van der Waals surface area contributed by atoms with Crippen LogP contribution in [0.5, 0.6) is 5.75 Å². The van der Waals surface area contributed by atoms with Crippen LogP contribution in [0.2, 0.25) is 10.0 Å². The van der Waals surface area contributed by atoms with Gasteiger partial charge in [0.2, 0.25) is 0 Å². The van der Waals surface area contributed by atoms with E-state index in [4.69, 9.17) is 33.7 Å². The molecule has 0 amide bonds. The van der Waals surface area contributed by atoms with Crippen molar-refractivity contribution in [3.8, 4) is 16.9 Å². The number of likely N-dealkylation sites (tertiary alicyclic amines) is 1. The van der Waals surface area contributed by atoms with Crippen LogP contribution in [0.15, 0.2) is 36.8 Å². The number of unbranched alkanes of at least 4 members (excludes halogenated alkanes) is 2. The van der Waals surface area contributed by atoms with Gasteiger partial charge in [-0.1, -0.05) is 45.6 Å². The summed E-state index contributed by atoms with van der Waals surface area (Å²) >= 11 is 15.9. The lowest BCUT2D eigenvalue weighted by molar-refractivity contribution is 0.177. The van der Waals surface area contributed by atoms with Crippen molar-refractivity contribution in [2.24, 2.45) is 0 Å². The number of hydrogen-bond donors (Lipinski definition) is 1. The van der Waals surface area contributed by atoms with E-state index >= 15 is 0 Å². The van der Waals surface area contributed by atoms with E-state index < -0.39 is 11.9 Å². The first-order chi connectivity index (χ1) is 17.4. The monoisotopic (exact) mass is 597 g/mol. The summed E-state index contributed by atoms with van der Waals surface area (Å²) in [5, 5.41) is 5.98. The van der Waals surface area contributed by atoms with Crippen LogP contribution < -0.4 is 10.5 Å². The molecule has 1 aromatic carbocycles. The zero-order valence-corrected chi connectivity index (χ0v) is 23.4. The van der Waals surface area contributed by atoms with E-state index in [0.717, 1.165) is 42.4 Å². The lowest BCUT2D eigenvalue weighted by Gasteiger charge is -2.32. The summed E-state index contributed by atoms with van der Waals surface area (Å²) in [7, 11) is 0. The van der Waals surface area contributed by atoms with E-state index in [2.05, 4.69) is 41.8 Å². The van der Waals surface area contributed by atoms with E-state index in [1.165, 1.54) is 37.9 Å². The summed E-state index contributed by atoms with van der Waals surface area (Å²) < 4.78 is 22.1. The summed E-state index contributed by atoms with van der Waals surface area (Å²) in [4.78, 5) is 6.86. The van der Waals surface area contributed by atoms with Gasteiger partial charge in [0.05, 0.1) is 17.3 Å². The van der Waals surface area contributed by atoms with Gasteiger partial charge in [0.25, 0.3) is 0 Å². The Morgan fingerprint density at radius 2 is 1.94 bits per heavy atom. The van der Waals surface area contributed by atoms with Gasteiger partial charge in [-0.2, -0.15) is 5.10 Å². The standard InChI is InChI=1S/C26H31BrCl2FN5O/c1-17(24-21(28)5-6-22(30)25(24)29)36-23-13-18(14-32-26(23)31)19-15-33-35(16-19)20-7-11-34(12-8-20)10-4-2-3-9-27/h5-6,13-17,20H,2-4,7-12H2,1H3,(H2,31,32)/t17-/m1/s1. The molecular formula is C26H31BrCl2FN5O. The average Bonchev–Trinajstić information content (AvgIpc) is 3.36. The number of hydrogen-bond acceptors (Lipinski definition) is 5. The van der Waals surface area contributed by atoms with Gasteiger partial charge in [-0.05, 0) is 57.4 Å². The van der Waals surface area contributed by atoms with Gasteiger partial charge in [0.15, 0.2) is 11.6 Å².